The summed E-state index contributed by atoms with van der Waals surface area (Å²) in [6.45, 7) is 7.67. The third-order valence-corrected chi connectivity index (χ3v) is 4.70. The summed E-state index contributed by atoms with van der Waals surface area (Å²) >= 11 is 1.72. The molecule has 6 heteroatoms. The molecule has 0 atom stereocenters. The number of nitrogens with zero attached hydrogens (tertiary/aromatic N) is 3. The Kier molecular flexibility index (Phi) is 6.83. The summed E-state index contributed by atoms with van der Waals surface area (Å²) in [6.07, 6.45) is 3.00. The summed E-state index contributed by atoms with van der Waals surface area (Å²) in [5.41, 5.74) is 2.87. The highest BCUT2D eigenvalue weighted by Crippen LogP contribution is 2.19. The zero-order chi connectivity index (χ0) is 15.4. The molecule has 4 nitrogen and oxygen atoms in total. The predicted octanol–water partition coefficient (Wildman–Crippen LogP) is 3.59. The molecule has 2 aromatic rings. The van der Waals surface area contributed by atoms with Crippen LogP contribution < -0.4 is 5.32 Å². The van der Waals surface area contributed by atoms with Crippen LogP contribution in [0.15, 0.2) is 35.5 Å². The molecule has 0 amide bonds. The van der Waals surface area contributed by atoms with Gasteiger partial charge in [0.05, 0.1) is 6.54 Å². The number of thiazole rings is 1. The fourth-order valence-electron chi connectivity index (χ4n) is 2.72. The van der Waals surface area contributed by atoms with E-state index < -0.39 is 0 Å². The molecule has 3 rings (SSSR count). The molecule has 1 aliphatic rings. The number of halogens is 1. The maximum absolute atomic E-state index is 4.77. The first-order valence-corrected chi connectivity index (χ1v) is 8.59. The van der Waals surface area contributed by atoms with Crippen LogP contribution in [0.3, 0.4) is 0 Å². The highest BCUT2D eigenvalue weighted by Gasteiger charge is 2.18. The van der Waals surface area contributed by atoms with E-state index in [4.69, 9.17) is 4.99 Å². The number of hydrogen-bond acceptors (Lipinski definition) is 3. The molecule has 23 heavy (non-hydrogen) atoms. The van der Waals surface area contributed by atoms with Crippen LogP contribution in [0.5, 0.6) is 0 Å². The summed E-state index contributed by atoms with van der Waals surface area (Å²) in [5.74, 6) is 0.991. The minimum absolute atomic E-state index is 0. The molecular weight excluding hydrogens is 419 g/mol. The van der Waals surface area contributed by atoms with E-state index in [9.17, 15) is 0 Å². The second-order valence-electron chi connectivity index (χ2n) is 5.48. The first kappa shape index (κ1) is 18.2. The van der Waals surface area contributed by atoms with Crippen molar-refractivity contribution in [1.29, 1.82) is 0 Å². The minimum atomic E-state index is 0. The normalized spacial score (nSPS) is 14.2. The number of nitrogens with one attached hydrogen (secondary N) is 1. The Morgan fingerprint density at radius 2 is 2.13 bits per heavy atom. The van der Waals surface area contributed by atoms with Crippen molar-refractivity contribution in [2.45, 2.75) is 33.4 Å². The first-order chi connectivity index (χ1) is 10.8. The van der Waals surface area contributed by atoms with Gasteiger partial charge in [-0.25, -0.2) is 9.98 Å². The Hall–Kier alpha value is -1.15. The predicted molar refractivity (Wildman–Crippen MR) is 108 cm³/mol. The van der Waals surface area contributed by atoms with E-state index >= 15 is 0 Å². The molecule has 1 N–H and O–H groups in total. The van der Waals surface area contributed by atoms with Gasteiger partial charge in [-0.2, -0.15) is 0 Å². The number of aliphatic imine (C=N–C) groups is 1. The number of benzene rings is 1. The van der Waals surface area contributed by atoms with Gasteiger partial charge in [0, 0.05) is 30.7 Å². The molecule has 0 saturated carbocycles. The Balaban J connectivity index is 0.00000192. The van der Waals surface area contributed by atoms with E-state index in [0.717, 1.165) is 37.0 Å². The van der Waals surface area contributed by atoms with Crippen LogP contribution >= 0.6 is 35.3 Å². The van der Waals surface area contributed by atoms with Crippen molar-refractivity contribution in [3.8, 4) is 0 Å². The van der Waals surface area contributed by atoms with Crippen LogP contribution in [0.2, 0.25) is 0 Å². The number of aryl methyl sites for hydroxylation is 1. The quantitative estimate of drug-likeness (QED) is 0.449. The fourth-order valence-corrected chi connectivity index (χ4v) is 3.43. The van der Waals surface area contributed by atoms with Gasteiger partial charge in [-0.05, 0) is 31.4 Å². The van der Waals surface area contributed by atoms with E-state index in [0.29, 0.717) is 6.54 Å². The van der Waals surface area contributed by atoms with Crippen LogP contribution in [0.4, 0.5) is 0 Å². The molecule has 1 aromatic carbocycles. The largest absolute Gasteiger partial charge is 0.356 e. The molecule has 1 aliphatic heterocycles. The lowest BCUT2D eigenvalue weighted by Crippen LogP contribution is -2.44. The van der Waals surface area contributed by atoms with Gasteiger partial charge in [-0.1, -0.05) is 24.3 Å². The average Bonchev–Trinajstić information content (AvgIpc) is 2.96. The lowest BCUT2D eigenvalue weighted by molar-refractivity contribution is 0.378. The summed E-state index contributed by atoms with van der Waals surface area (Å²) in [7, 11) is 0. The van der Waals surface area contributed by atoms with Crippen LogP contribution in [0, 0.1) is 6.92 Å². The zero-order valence-corrected chi connectivity index (χ0v) is 16.7. The number of hydrogen-bond donors (Lipinski definition) is 1. The number of fused-ring (bicyclic) bond motifs is 1. The van der Waals surface area contributed by atoms with E-state index in [1.807, 2.05) is 6.20 Å². The molecule has 0 spiro atoms. The maximum Gasteiger partial charge on any atom is 0.194 e. The monoisotopic (exact) mass is 442 g/mol. The van der Waals surface area contributed by atoms with Gasteiger partial charge in [-0.15, -0.1) is 35.3 Å². The second-order valence-corrected chi connectivity index (χ2v) is 6.79. The van der Waals surface area contributed by atoms with E-state index in [-0.39, 0.29) is 24.0 Å². The highest BCUT2D eigenvalue weighted by molar-refractivity contribution is 14.0. The van der Waals surface area contributed by atoms with Crippen molar-refractivity contribution in [1.82, 2.24) is 15.2 Å². The van der Waals surface area contributed by atoms with Crippen molar-refractivity contribution >= 4 is 41.3 Å². The van der Waals surface area contributed by atoms with Gasteiger partial charge in [0.1, 0.15) is 5.01 Å². The van der Waals surface area contributed by atoms with Gasteiger partial charge < -0.3 is 10.2 Å². The Morgan fingerprint density at radius 3 is 2.83 bits per heavy atom. The van der Waals surface area contributed by atoms with Gasteiger partial charge >= 0.3 is 0 Å². The summed E-state index contributed by atoms with van der Waals surface area (Å²) in [4.78, 5) is 12.7. The topological polar surface area (TPSA) is 40.5 Å². The summed E-state index contributed by atoms with van der Waals surface area (Å²) in [5, 5.41) is 4.49. The van der Waals surface area contributed by atoms with Crippen molar-refractivity contribution in [3.63, 3.8) is 0 Å². The lowest BCUT2D eigenvalue weighted by atomic mass is 10.0. The first-order valence-electron chi connectivity index (χ1n) is 7.77. The van der Waals surface area contributed by atoms with Gasteiger partial charge in [0.2, 0.25) is 0 Å². The molecule has 124 valence electrons. The third-order valence-electron chi connectivity index (χ3n) is 3.80. The molecule has 0 fully saturated rings. The standard InChI is InChI=1S/C17H22N4S.HI/c1-3-18-17(20-11-16-19-10-13(2)22-16)21-9-8-14-6-4-5-7-15(14)12-21;/h4-7,10H,3,8-9,11-12H2,1-2H3,(H,18,20);1H. The SMILES string of the molecule is CCNC(=NCc1ncc(C)s1)N1CCc2ccccc2C1.I. The maximum atomic E-state index is 4.77. The van der Waals surface area contributed by atoms with Crippen LogP contribution in [-0.4, -0.2) is 28.9 Å². The van der Waals surface area contributed by atoms with Gasteiger partial charge in [0.25, 0.3) is 0 Å². The summed E-state index contributed by atoms with van der Waals surface area (Å²) < 4.78 is 0. The van der Waals surface area contributed by atoms with Crippen LogP contribution in [0.25, 0.3) is 0 Å². The van der Waals surface area contributed by atoms with Crippen LogP contribution in [0.1, 0.15) is 27.9 Å². The number of guanidine groups is 1. The van der Waals surface area contributed by atoms with Crippen molar-refractivity contribution in [3.05, 3.63) is 51.5 Å². The molecule has 2 heterocycles. The van der Waals surface area contributed by atoms with Crippen molar-refractivity contribution in [2.24, 2.45) is 4.99 Å². The Morgan fingerprint density at radius 1 is 1.35 bits per heavy atom. The number of aromatic nitrogens is 1. The molecule has 0 saturated heterocycles. The van der Waals surface area contributed by atoms with Crippen molar-refractivity contribution in [2.75, 3.05) is 13.1 Å². The van der Waals surface area contributed by atoms with Gasteiger partial charge in [-0.3, -0.25) is 0 Å². The molecule has 0 radical (unpaired) electrons. The molecule has 0 unspecified atom stereocenters. The molecular formula is C17H23IN4S. The fraction of sp³-hybridized carbons (Fsp3) is 0.412. The second kappa shape index (κ2) is 8.63. The molecule has 1 aromatic heterocycles. The third kappa shape index (κ3) is 4.67. The Labute approximate surface area is 159 Å². The summed E-state index contributed by atoms with van der Waals surface area (Å²) in [6, 6.07) is 8.69. The van der Waals surface area contributed by atoms with E-state index in [1.165, 1.54) is 16.0 Å². The molecule has 0 bridgehead atoms. The number of rotatable bonds is 3. The lowest BCUT2D eigenvalue weighted by Gasteiger charge is -2.31. The minimum Gasteiger partial charge on any atom is -0.356 e. The Bertz CT molecular complexity index is 668. The average molecular weight is 442 g/mol. The smallest absolute Gasteiger partial charge is 0.194 e. The zero-order valence-electron chi connectivity index (χ0n) is 13.6. The molecule has 0 aliphatic carbocycles. The van der Waals surface area contributed by atoms with E-state index in [1.54, 1.807) is 11.3 Å². The van der Waals surface area contributed by atoms with Crippen LogP contribution in [-0.2, 0) is 19.5 Å². The highest BCUT2D eigenvalue weighted by atomic mass is 127. The van der Waals surface area contributed by atoms with Crippen molar-refractivity contribution < 1.29 is 0 Å². The van der Waals surface area contributed by atoms with E-state index in [2.05, 4.69) is 53.3 Å². The van der Waals surface area contributed by atoms with Gasteiger partial charge in [0.15, 0.2) is 5.96 Å².